The fourth-order valence-corrected chi connectivity index (χ4v) is 2.05. The minimum Gasteiger partial charge on any atom is -0.497 e. The summed E-state index contributed by atoms with van der Waals surface area (Å²) in [6.07, 6.45) is -0.642. The number of rotatable bonds is 4. The molecule has 0 aliphatic rings. The first-order chi connectivity index (χ1) is 9.15. The van der Waals surface area contributed by atoms with Gasteiger partial charge in [0.25, 0.3) is 0 Å². The van der Waals surface area contributed by atoms with Crippen LogP contribution in [0.3, 0.4) is 0 Å². The van der Waals surface area contributed by atoms with Crippen LogP contribution < -0.4 is 9.47 Å². The molecule has 100 valence electrons. The van der Waals surface area contributed by atoms with E-state index < -0.39 is 6.10 Å². The van der Waals surface area contributed by atoms with E-state index in [1.54, 1.807) is 14.2 Å². The van der Waals surface area contributed by atoms with E-state index >= 15 is 0 Å². The molecule has 3 nitrogen and oxygen atoms in total. The molecule has 0 saturated carbocycles. The Morgan fingerprint density at radius 2 is 1.47 bits per heavy atom. The van der Waals surface area contributed by atoms with E-state index in [9.17, 15) is 5.11 Å². The highest BCUT2D eigenvalue weighted by Crippen LogP contribution is 2.28. The molecule has 0 unspecified atom stereocenters. The van der Waals surface area contributed by atoms with Crippen LogP contribution in [-0.4, -0.2) is 19.3 Å². The molecular weight excluding hydrogens is 240 g/mol. The number of ether oxygens (including phenoxy) is 2. The lowest BCUT2D eigenvalue weighted by molar-refractivity contribution is 0.219. The molecule has 2 rings (SSSR count). The number of aryl methyl sites for hydroxylation is 1. The highest BCUT2D eigenvalue weighted by molar-refractivity contribution is 5.41. The first-order valence-corrected chi connectivity index (χ1v) is 6.12. The zero-order valence-electron chi connectivity index (χ0n) is 11.4. The highest BCUT2D eigenvalue weighted by Gasteiger charge is 2.13. The van der Waals surface area contributed by atoms with Gasteiger partial charge in [-0.25, -0.2) is 0 Å². The Hall–Kier alpha value is -2.00. The summed E-state index contributed by atoms with van der Waals surface area (Å²) in [5.74, 6) is 1.57. The number of hydrogen-bond acceptors (Lipinski definition) is 3. The standard InChI is InChI=1S/C16H18O3/c1-11-10-14(19-3)8-9-15(11)16(17)12-4-6-13(18-2)7-5-12/h4-10,16-17H,1-3H3/t16-/m0/s1. The second-order valence-corrected chi connectivity index (χ2v) is 4.40. The molecule has 0 aliphatic carbocycles. The van der Waals surface area contributed by atoms with Gasteiger partial charge in [-0.05, 0) is 47.9 Å². The van der Waals surface area contributed by atoms with Crippen molar-refractivity contribution in [2.75, 3.05) is 14.2 Å². The summed E-state index contributed by atoms with van der Waals surface area (Å²) in [4.78, 5) is 0. The van der Waals surface area contributed by atoms with Crippen LogP contribution in [0.1, 0.15) is 22.8 Å². The quantitative estimate of drug-likeness (QED) is 0.915. The van der Waals surface area contributed by atoms with E-state index in [-0.39, 0.29) is 0 Å². The number of benzene rings is 2. The maximum absolute atomic E-state index is 10.4. The van der Waals surface area contributed by atoms with Crippen molar-refractivity contribution in [1.29, 1.82) is 0 Å². The first-order valence-electron chi connectivity index (χ1n) is 6.12. The molecule has 0 aromatic heterocycles. The summed E-state index contributed by atoms with van der Waals surface area (Å²) in [5, 5.41) is 10.4. The van der Waals surface area contributed by atoms with Gasteiger partial charge < -0.3 is 14.6 Å². The van der Waals surface area contributed by atoms with E-state index in [0.29, 0.717) is 0 Å². The Kier molecular flexibility index (Phi) is 4.07. The van der Waals surface area contributed by atoms with Gasteiger partial charge in [0.05, 0.1) is 14.2 Å². The molecule has 2 aromatic rings. The third-order valence-corrected chi connectivity index (χ3v) is 3.20. The molecule has 1 atom stereocenters. The van der Waals surface area contributed by atoms with Gasteiger partial charge in [0.2, 0.25) is 0 Å². The SMILES string of the molecule is COc1ccc([C@H](O)c2ccc(OC)cc2C)cc1. The van der Waals surface area contributed by atoms with Crippen LogP contribution in [0.25, 0.3) is 0 Å². The summed E-state index contributed by atoms with van der Waals surface area (Å²) in [5.41, 5.74) is 2.72. The number of aliphatic hydroxyl groups excluding tert-OH is 1. The van der Waals surface area contributed by atoms with Gasteiger partial charge >= 0.3 is 0 Å². The number of aliphatic hydroxyl groups is 1. The van der Waals surface area contributed by atoms with Gasteiger partial charge in [0, 0.05) is 0 Å². The third-order valence-electron chi connectivity index (χ3n) is 3.20. The smallest absolute Gasteiger partial charge is 0.119 e. The van der Waals surface area contributed by atoms with Gasteiger partial charge in [-0.2, -0.15) is 0 Å². The zero-order chi connectivity index (χ0) is 13.8. The molecule has 0 heterocycles. The Balaban J connectivity index is 2.29. The summed E-state index contributed by atoms with van der Waals surface area (Å²) in [6.45, 7) is 1.96. The van der Waals surface area contributed by atoms with Crippen molar-refractivity contribution in [3.8, 4) is 11.5 Å². The van der Waals surface area contributed by atoms with Crippen molar-refractivity contribution in [3.63, 3.8) is 0 Å². The molecular formula is C16H18O3. The molecule has 0 radical (unpaired) electrons. The monoisotopic (exact) mass is 258 g/mol. The Labute approximate surface area is 113 Å². The van der Waals surface area contributed by atoms with Crippen LogP contribution in [0, 0.1) is 6.92 Å². The minimum atomic E-state index is -0.642. The fourth-order valence-electron chi connectivity index (χ4n) is 2.05. The number of hydrogen-bond donors (Lipinski definition) is 1. The lowest BCUT2D eigenvalue weighted by atomic mass is 9.97. The zero-order valence-corrected chi connectivity index (χ0v) is 11.4. The molecule has 0 fully saturated rings. The molecule has 3 heteroatoms. The van der Waals surface area contributed by atoms with E-state index in [4.69, 9.17) is 9.47 Å². The highest BCUT2D eigenvalue weighted by atomic mass is 16.5. The summed E-state index contributed by atoms with van der Waals surface area (Å²) in [7, 11) is 3.26. The van der Waals surface area contributed by atoms with Crippen molar-refractivity contribution >= 4 is 0 Å². The normalized spacial score (nSPS) is 12.0. The second kappa shape index (κ2) is 5.76. The molecule has 1 N–H and O–H groups in total. The summed E-state index contributed by atoms with van der Waals surface area (Å²) in [6, 6.07) is 13.1. The van der Waals surface area contributed by atoms with E-state index in [2.05, 4.69) is 0 Å². The summed E-state index contributed by atoms with van der Waals surface area (Å²) >= 11 is 0. The molecule has 2 aromatic carbocycles. The van der Waals surface area contributed by atoms with Crippen LogP contribution in [-0.2, 0) is 0 Å². The maximum atomic E-state index is 10.4. The maximum Gasteiger partial charge on any atom is 0.119 e. The van der Waals surface area contributed by atoms with Gasteiger partial charge in [-0.15, -0.1) is 0 Å². The molecule has 0 bridgehead atoms. The van der Waals surface area contributed by atoms with E-state index in [1.165, 1.54) is 0 Å². The lowest BCUT2D eigenvalue weighted by Gasteiger charge is -2.15. The van der Waals surface area contributed by atoms with Crippen LogP contribution in [0.4, 0.5) is 0 Å². The Morgan fingerprint density at radius 3 is 2.00 bits per heavy atom. The molecule has 19 heavy (non-hydrogen) atoms. The van der Waals surface area contributed by atoms with Gasteiger partial charge in [0.15, 0.2) is 0 Å². The largest absolute Gasteiger partial charge is 0.497 e. The van der Waals surface area contributed by atoms with Crippen LogP contribution in [0.5, 0.6) is 11.5 Å². The fraction of sp³-hybridized carbons (Fsp3) is 0.250. The van der Waals surface area contributed by atoms with Crippen molar-refractivity contribution in [3.05, 3.63) is 59.2 Å². The van der Waals surface area contributed by atoms with Gasteiger partial charge in [0.1, 0.15) is 17.6 Å². The van der Waals surface area contributed by atoms with Crippen LogP contribution >= 0.6 is 0 Å². The van der Waals surface area contributed by atoms with Crippen LogP contribution in [0.15, 0.2) is 42.5 Å². The third kappa shape index (κ3) is 2.88. The Morgan fingerprint density at radius 1 is 0.895 bits per heavy atom. The van der Waals surface area contributed by atoms with Crippen molar-refractivity contribution in [2.45, 2.75) is 13.0 Å². The lowest BCUT2D eigenvalue weighted by Crippen LogP contribution is -2.02. The first kappa shape index (κ1) is 13.4. The van der Waals surface area contributed by atoms with E-state index in [1.807, 2.05) is 49.4 Å². The topological polar surface area (TPSA) is 38.7 Å². The Bertz CT molecular complexity index is 546. The molecule has 0 amide bonds. The number of methoxy groups -OCH3 is 2. The molecule has 0 aliphatic heterocycles. The van der Waals surface area contributed by atoms with Gasteiger partial charge in [-0.3, -0.25) is 0 Å². The minimum absolute atomic E-state index is 0.642. The molecule has 0 spiro atoms. The predicted octanol–water partition coefficient (Wildman–Crippen LogP) is 3.09. The molecule has 0 saturated heterocycles. The average molecular weight is 258 g/mol. The van der Waals surface area contributed by atoms with Crippen LogP contribution in [0.2, 0.25) is 0 Å². The van der Waals surface area contributed by atoms with Crippen molar-refractivity contribution < 1.29 is 14.6 Å². The van der Waals surface area contributed by atoms with Crippen molar-refractivity contribution in [1.82, 2.24) is 0 Å². The second-order valence-electron chi connectivity index (χ2n) is 4.40. The average Bonchev–Trinajstić information content (AvgIpc) is 2.46. The van der Waals surface area contributed by atoms with E-state index in [0.717, 1.165) is 28.2 Å². The predicted molar refractivity (Wildman–Crippen MR) is 74.8 cm³/mol. The summed E-state index contributed by atoms with van der Waals surface area (Å²) < 4.78 is 10.3. The van der Waals surface area contributed by atoms with Gasteiger partial charge in [-0.1, -0.05) is 18.2 Å². The van der Waals surface area contributed by atoms with Crippen molar-refractivity contribution in [2.24, 2.45) is 0 Å².